The SMILES string of the molecule is c1ccc([Si](c2ccccc2)(c2ccccc2)c2ccc(N(c3ccc(-c4cc5c6ccccc6c(-c6ccc(N(c7ccc([Si](c8ccccc8)(c8ccccc8)c8ccccc8)cc7)c7cccc(-c8cccc([Si](c9ccccc9)(c9ccccc9)c9ccccc9)c8)c7)cc6)cc5c5ccccc45)cc3)c3cccc(-c4cccc([Si](c5ccccc5)(c5ccccc5)c5ccccc5)c4)c3)cc2)cc1. The lowest BCUT2D eigenvalue weighted by molar-refractivity contribution is 1.28. The summed E-state index contributed by atoms with van der Waals surface area (Å²) in [6.45, 7) is 0. The van der Waals surface area contributed by atoms with Crippen molar-refractivity contribution < 1.29 is 0 Å². The van der Waals surface area contributed by atoms with Crippen LogP contribution in [0.4, 0.5) is 34.1 Å². The van der Waals surface area contributed by atoms with Crippen LogP contribution in [0.15, 0.2) is 619 Å². The van der Waals surface area contributed by atoms with Crippen LogP contribution in [-0.2, 0) is 0 Å². The maximum absolute atomic E-state index is 2.89. The molecule has 0 N–H and O–H groups in total. The van der Waals surface area contributed by atoms with Gasteiger partial charge in [-0.25, -0.2) is 0 Å². The van der Waals surface area contributed by atoms with Gasteiger partial charge in [0.15, 0.2) is 32.3 Å². The lowest BCUT2D eigenvalue weighted by atomic mass is 9.87. The van der Waals surface area contributed by atoms with Gasteiger partial charge in [-0.1, -0.05) is 534 Å². The summed E-state index contributed by atoms with van der Waals surface area (Å²) in [6, 6.07) is 233. The van der Waals surface area contributed by atoms with E-state index < -0.39 is 32.3 Å². The van der Waals surface area contributed by atoms with Gasteiger partial charge in [-0.15, -0.1) is 0 Å². The highest BCUT2D eigenvalue weighted by molar-refractivity contribution is 7.22. The topological polar surface area (TPSA) is 6.48 Å². The van der Waals surface area contributed by atoms with Gasteiger partial charge in [0.05, 0.1) is 0 Å². The Morgan fingerprint density at radius 1 is 0.0972 bits per heavy atom. The zero-order valence-corrected chi connectivity index (χ0v) is 83.8. The van der Waals surface area contributed by atoms with Crippen molar-refractivity contribution in [3.8, 4) is 44.5 Å². The van der Waals surface area contributed by atoms with Gasteiger partial charge in [0, 0.05) is 34.1 Å². The van der Waals surface area contributed by atoms with E-state index >= 15 is 0 Å². The highest BCUT2D eigenvalue weighted by Crippen LogP contribution is 2.46. The molecule has 6 heteroatoms. The average Bonchev–Trinajstić information content (AvgIpc) is 0.740. The van der Waals surface area contributed by atoms with Gasteiger partial charge >= 0.3 is 0 Å². The minimum atomic E-state index is -2.89. The van der Waals surface area contributed by atoms with E-state index in [2.05, 4.69) is 629 Å². The predicted octanol–water partition coefficient (Wildman–Crippen LogP) is 24.3. The number of nitrogens with zero attached hydrogens (tertiary/aromatic N) is 2. The third-order valence-corrected chi connectivity index (χ3v) is 49.0. The third kappa shape index (κ3) is 16.0. The minimum Gasteiger partial charge on any atom is -0.310 e. The van der Waals surface area contributed by atoms with E-state index in [0.29, 0.717) is 0 Å². The molecule has 0 atom stereocenters. The zero-order chi connectivity index (χ0) is 96.1. The second-order valence-corrected chi connectivity index (χ2v) is 52.8. The lowest BCUT2D eigenvalue weighted by Crippen LogP contribution is -2.74. The Balaban J connectivity index is 0.624. The van der Waals surface area contributed by atoms with E-state index in [-0.39, 0.29) is 0 Å². The van der Waals surface area contributed by atoms with Crippen LogP contribution in [0.5, 0.6) is 0 Å². The molecule has 0 aliphatic heterocycles. The molecule has 0 aliphatic carbocycles. The Labute approximate surface area is 848 Å². The third-order valence-electron chi connectivity index (χ3n) is 29.8. The van der Waals surface area contributed by atoms with Gasteiger partial charge in [0.25, 0.3) is 0 Å². The Kier molecular flexibility index (Phi) is 24.3. The van der Waals surface area contributed by atoms with Gasteiger partial charge in [-0.05, 0) is 245 Å². The zero-order valence-electron chi connectivity index (χ0n) is 79.8. The number of hydrogen-bond acceptors (Lipinski definition) is 2. The Morgan fingerprint density at radius 2 is 0.271 bits per heavy atom. The fraction of sp³-hybridized carbons (Fsp3) is 0. The summed E-state index contributed by atoms with van der Waals surface area (Å²) in [5, 5.41) is 28.5. The van der Waals surface area contributed by atoms with Gasteiger partial charge in [-0.3, -0.25) is 0 Å². The van der Waals surface area contributed by atoms with Crippen molar-refractivity contribution in [1.29, 1.82) is 0 Å². The quantitative estimate of drug-likeness (QED) is 0.0303. The van der Waals surface area contributed by atoms with E-state index in [1.807, 2.05) is 0 Å². The molecule has 24 rings (SSSR count). The van der Waals surface area contributed by atoms with E-state index in [9.17, 15) is 0 Å². The molecule has 0 heterocycles. The number of anilines is 6. The number of fused-ring (bicyclic) bond motifs is 5. The molecule has 0 aliphatic rings. The van der Waals surface area contributed by atoms with Gasteiger partial charge in [0.2, 0.25) is 0 Å². The standard InChI is InChI=1S/C138H102N2Si4/c1-13-51-115(52-14-1)141(116-53-15-2-16-54-116,117-55-17-3-18-56-117)127-93-89-111(90-94-127)139(113-49-41-45-105(97-113)107-47-43-75-129(99-107)143(121-63-25-7-26-64-121,122-65-27-8-28-66-122)123-67-29-9-30-68-123)109-85-81-103(82-86-109)135-101-137-134-80-40-38-78-132(134)136(102-138(137)133-79-39-37-77-131(133)135)104-83-87-110(88-84-104)140(112-91-95-128(96-92-112)142(118-57-19-4-20-58-118,119-59-21-5-22-60-119)120-61-23-6-24-62-120)114-50-42-46-106(98-114)108-48-44-76-130(100-108)144(124-69-31-10-32-70-124,125-71-33-11-34-72-125)126-73-35-12-36-74-126/h1-102H. The van der Waals surface area contributed by atoms with Crippen LogP contribution in [0, 0.1) is 0 Å². The van der Waals surface area contributed by atoms with Crippen LogP contribution in [0.2, 0.25) is 0 Å². The van der Waals surface area contributed by atoms with E-state index in [1.165, 1.54) is 126 Å². The molecule has 0 amide bonds. The van der Waals surface area contributed by atoms with Gasteiger partial charge in [-0.2, -0.15) is 0 Å². The molecule has 0 unspecified atom stereocenters. The van der Waals surface area contributed by atoms with Crippen molar-refractivity contribution in [3.05, 3.63) is 619 Å². The summed E-state index contributed by atoms with van der Waals surface area (Å²) in [5.74, 6) is 0. The first-order valence-corrected chi connectivity index (χ1v) is 57.9. The first-order valence-electron chi connectivity index (χ1n) is 49.9. The van der Waals surface area contributed by atoms with Crippen LogP contribution in [0.1, 0.15) is 0 Å². The molecular formula is C138H102N2Si4. The minimum absolute atomic E-state index is 1.05. The first-order chi connectivity index (χ1) is 71.4. The number of benzene rings is 24. The maximum atomic E-state index is 2.49. The summed E-state index contributed by atoms with van der Waals surface area (Å²) in [6.07, 6.45) is 0. The van der Waals surface area contributed by atoms with E-state index in [4.69, 9.17) is 0 Å². The molecular weight excluding hydrogens is 1800 g/mol. The van der Waals surface area contributed by atoms with Crippen LogP contribution in [0.25, 0.3) is 76.8 Å². The molecule has 680 valence electrons. The van der Waals surface area contributed by atoms with Crippen molar-refractivity contribution >= 4 is 182 Å². The molecule has 0 bridgehead atoms. The largest absolute Gasteiger partial charge is 0.310 e. The van der Waals surface area contributed by atoms with Crippen LogP contribution < -0.4 is 92.8 Å². The summed E-state index contributed by atoms with van der Waals surface area (Å²) >= 11 is 0. The molecule has 0 fully saturated rings. The second-order valence-electron chi connectivity index (χ2n) is 37.5. The molecule has 24 aromatic carbocycles. The molecule has 0 spiro atoms. The Bertz CT molecular complexity index is 7710. The first kappa shape index (κ1) is 89.2. The Hall–Kier alpha value is -17.5. The maximum Gasteiger partial charge on any atom is 0.179 e. The number of rotatable bonds is 26. The average molecular weight is 1900 g/mol. The molecule has 24 aromatic rings. The second kappa shape index (κ2) is 39.3. The summed E-state index contributed by atoms with van der Waals surface area (Å²) in [4.78, 5) is 4.93. The van der Waals surface area contributed by atoms with Crippen molar-refractivity contribution in [3.63, 3.8) is 0 Å². The lowest BCUT2D eigenvalue weighted by Gasteiger charge is -2.35. The smallest absolute Gasteiger partial charge is 0.179 e. The van der Waals surface area contributed by atoms with E-state index in [1.54, 1.807) is 0 Å². The van der Waals surface area contributed by atoms with Gasteiger partial charge in [0.1, 0.15) is 0 Å². The normalized spacial score (nSPS) is 11.8. The van der Waals surface area contributed by atoms with Crippen molar-refractivity contribution in [1.82, 2.24) is 0 Å². The summed E-state index contributed by atoms with van der Waals surface area (Å²) in [5.41, 5.74) is 15.5. The van der Waals surface area contributed by atoms with Crippen LogP contribution >= 0.6 is 0 Å². The molecule has 0 aromatic heterocycles. The fourth-order valence-electron chi connectivity index (χ4n) is 23.4. The predicted molar refractivity (Wildman–Crippen MR) is 625 cm³/mol. The molecule has 144 heavy (non-hydrogen) atoms. The van der Waals surface area contributed by atoms with Gasteiger partial charge < -0.3 is 9.80 Å². The fourth-order valence-corrected chi connectivity index (χ4v) is 42.5. The number of hydrogen-bond donors (Lipinski definition) is 0. The molecule has 2 nitrogen and oxygen atoms in total. The highest BCUT2D eigenvalue weighted by Gasteiger charge is 2.46. The summed E-state index contributed by atoms with van der Waals surface area (Å²) < 4.78 is 0. The summed E-state index contributed by atoms with van der Waals surface area (Å²) in [7, 11) is -11.6. The van der Waals surface area contributed by atoms with Crippen molar-refractivity contribution in [2.45, 2.75) is 0 Å². The molecule has 0 radical (unpaired) electrons. The monoisotopic (exact) mass is 1900 g/mol. The van der Waals surface area contributed by atoms with Crippen LogP contribution in [-0.4, -0.2) is 32.3 Å². The molecule has 0 saturated heterocycles. The van der Waals surface area contributed by atoms with Crippen molar-refractivity contribution in [2.75, 3.05) is 9.80 Å². The Morgan fingerprint density at radius 3 is 0.500 bits per heavy atom. The molecule has 0 saturated carbocycles. The highest BCUT2D eigenvalue weighted by atomic mass is 28.3. The van der Waals surface area contributed by atoms with Crippen LogP contribution in [0.3, 0.4) is 0 Å². The van der Waals surface area contributed by atoms with Crippen molar-refractivity contribution in [2.24, 2.45) is 0 Å². The van der Waals surface area contributed by atoms with E-state index in [0.717, 1.165) is 67.5 Å².